The molecule has 2 unspecified atom stereocenters. The van der Waals surface area contributed by atoms with Crippen molar-refractivity contribution in [3.63, 3.8) is 0 Å². The number of hydrogen-bond acceptors (Lipinski definition) is 2. The van der Waals surface area contributed by atoms with E-state index in [1.807, 2.05) is 6.07 Å². The van der Waals surface area contributed by atoms with E-state index in [4.69, 9.17) is 0 Å². The quantitative estimate of drug-likeness (QED) is 0.695. The van der Waals surface area contributed by atoms with Gasteiger partial charge in [0, 0.05) is 12.6 Å². The van der Waals surface area contributed by atoms with Crippen molar-refractivity contribution < 1.29 is 4.39 Å². The standard InChI is InChI=1S/C12H17FN2/c1-3-10-7-9(2)8-15(10)12-6-4-5-11(13)14-12/h4-6,9-10H,3,7-8H2,1-2H3. The number of hydrogen-bond donors (Lipinski definition) is 0. The van der Waals surface area contributed by atoms with Crippen molar-refractivity contribution in [1.29, 1.82) is 0 Å². The summed E-state index contributed by atoms with van der Waals surface area (Å²) in [4.78, 5) is 6.18. The highest BCUT2D eigenvalue weighted by Gasteiger charge is 2.29. The second-order valence-electron chi connectivity index (χ2n) is 4.37. The Bertz CT molecular complexity index is 340. The summed E-state index contributed by atoms with van der Waals surface area (Å²) in [5.74, 6) is 1.08. The van der Waals surface area contributed by atoms with Crippen LogP contribution in [-0.2, 0) is 0 Å². The molecule has 1 aliphatic heterocycles. The molecule has 1 fully saturated rings. The molecule has 1 aliphatic rings. The van der Waals surface area contributed by atoms with Gasteiger partial charge in [-0.2, -0.15) is 4.39 Å². The largest absolute Gasteiger partial charge is 0.353 e. The highest BCUT2D eigenvalue weighted by atomic mass is 19.1. The van der Waals surface area contributed by atoms with Gasteiger partial charge >= 0.3 is 0 Å². The Labute approximate surface area is 90.1 Å². The van der Waals surface area contributed by atoms with E-state index >= 15 is 0 Å². The van der Waals surface area contributed by atoms with Crippen LogP contribution in [0.4, 0.5) is 10.2 Å². The summed E-state index contributed by atoms with van der Waals surface area (Å²) in [6.45, 7) is 5.41. The van der Waals surface area contributed by atoms with Crippen molar-refractivity contribution in [2.75, 3.05) is 11.4 Å². The number of pyridine rings is 1. The van der Waals surface area contributed by atoms with Crippen molar-refractivity contribution in [1.82, 2.24) is 4.98 Å². The Morgan fingerprint density at radius 1 is 1.53 bits per heavy atom. The van der Waals surface area contributed by atoms with E-state index in [1.54, 1.807) is 6.07 Å². The molecule has 15 heavy (non-hydrogen) atoms. The Morgan fingerprint density at radius 3 is 3.00 bits per heavy atom. The second-order valence-corrected chi connectivity index (χ2v) is 4.37. The van der Waals surface area contributed by atoms with Gasteiger partial charge < -0.3 is 4.90 Å². The minimum Gasteiger partial charge on any atom is -0.353 e. The molecule has 2 nitrogen and oxygen atoms in total. The van der Waals surface area contributed by atoms with Gasteiger partial charge in [-0.05, 0) is 30.9 Å². The third-order valence-electron chi connectivity index (χ3n) is 3.09. The van der Waals surface area contributed by atoms with Gasteiger partial charge in [-0.1, -0.05) is 19.9 Å². The van der Waals surface area contributed by atoms with Crippen LogP contribution in [0.1, 0.15) is 26.7 Å². The molecule has 2 rings (SSSR count). The highest BCUT2D eigenvalue weighted by Crippen LogP contribution is 2.29. The number of anilines is 1. The average molecular weight is 208 g/mol. The first-order valence-electron chi connectivity index (χ1n) is 5.60. The van der Waals surface area contributed by atoms with Gasteiger partial charge in [-0.25, -0.2) is 4.98 Å². The van der Waals surface area contributed by atoms with Crippen LogP contribution in [0.5, 0.6) is 0 Å². The zero-order valence-electron chi connectivity index (χ0n) is 9.28. The van der Waals surface area contributed by atoms with Crippen molar-refractivity contribution >= 4 is 5.82 Å². The predicted molar refractivity (Wildman–Crippen MR) is 59.4 cm³/mol. The smallest absolute Gasteiger partial charge is 0.214 e. The topological polar surface area (TPSA) is 16.1 Å². The molecule has 0 amide bonds. The average Bonchev–Trinajstić information content (AvgIpc) is 2.59. The molecule has 1 saturated heterocycles. The van der Waals surface area contributed by atoms with Gasteiger partial charge in [0.25, 0.3) is 0 Å². The molecule has 0 N–H and O–H groups in total. The first kappa shape index (κ1) is 10.4. The molecular formula is C12H17FN2. The first-order chi connectivity index (χ1) is 7.20. The van der Waals surface area contributed by atoms with Gasteiger partial charge in [0.1, 0.15) is 5.82 Å². The summed E-state index contributed by atoms with van der Waals surface area (Å²) in [5.41, 5.74) is 0. The third-order valence-corrected chi connectivity index (χ3v) is 3.09. The lowest BCUT2D eigenvalue weighted by atomic mass is 10.1. The number of halogens is 1. The molecule has 0 aliphatic carbocycles. The van der Waals surface area contributed by atoms with Gasteiger partial charge in [0.2, 0.25) is 5.95 Å². The molecule has 0 bridgehead atoms. The van der Waals surface area contributed by atoms with E-state index in [1.165, 1.54) is 12.5 Å². The van der Waals surface area contributed by atoms with Crippen LogP contribution < -0.4 is 4.90 Å². The van der Waals surface area contributed by atoms with E-state index in [0.717, 1.165) is 18.8 Å². The number of rotatable bonds is 2. The van der Waals surface area contributed by atoms with Gasteiger partial charge in [-0.3, -0.25) is 0 Å². The molecule has 1 aromatic heterocycles. The van der Waals surface area contributed by atoms with E-state index in [0.29, 0.717) is 12.0 Å². The first-order valence-corrected chi connectivity index (χ1v) is 5.60. The molecule has 0 spiro atoms. The fourth-order valence-corrected chi connectivity index (χ4v) is 2.38. The van der Waals surface area contributed by atoms with E-state index in [2.05, 4.69) is 23.7 Å². The molecular weight excluding hydrogens is 191 g/mol. The van der Waals surface area contributed by atoms with E-state index in [-0.39, 0.29) is 5.95 Å². The van der Waals surface area contributed by atoms with Crippen molar-refractivity contribution in [2.45, 2.75) is 32.7 Å². The predicted octanol–water partition coefficient (Wildman–Crippen LogP) is 2.85. The lowest BCUT2D eigenvalue weighted by Crippen LogP contribution is -2.29. The Morgan fingerprint density at radius 2 is 2.33 bits per heavy atom. The molecule has 2 heterocycles. The third kappa shape index (κ3) is 2.11. The fourth-order valence-electron chi connectivity index (χ4n) is 2.38. The summed E-state index contributed by atoms with van der Waals surface area (Å²) in [6, 6.07) is 5.54. The van der Waals surface area contributed by atoms with Crippen molar-refractivity contribution in [3.8, 4) is 0 Å². The molecule has 1 aromatic rings. The molecule has 0 aromatic carbocycles. The molecule has 82 valence electrons. The number of nitrogens with zero attached hydrogens (tertiary/aromatic N) is 2. The zero-order chi connectivity index (χ0) is 10.8. The Kier molecular flexibility index (Phi) is 2.89. The zero-order valence-corrected chi connectivity index (χ0v) is 9.28. The maximum atomic E-state index is 13.0. The van der Waals surface area contributed by atoms with Crippen molar-refractivity contribution in [3.05, 3.63) is 24.1 Å². The lowest BCUT2D eigenvalue weighted by molar-refractivity contribution is 0.571. The van der Waals surface area contributed by atoms with Gasteiger partial charge in [0.15, 0.2) is 0 Å². The maximum Gasteiger partial charge on any atom is 0.214 e. The molecule has 3 heteroatoms. The highest BCUT2D eigenvalue weighted by molar-refractivity contribution is 5.40. The summed E-state index contributed by atoms with van der Waals surface area (Å²) < 4.78 is 13.0. The van der Waals surface area contributed by atoms with E-state index in [9.17, 15) is 4.39 Å². The van der Waals surface area contributed by atoms with Crippen LogP contribution in [0, 0.1) is 11.9 Å². The monoisotopic (exact) mass is 208 g/mol. The number of aromatic nitrogens is 1. The SMILES string of the molecule is CCC1CC(C)CN1c1cccc(F)n1. The van der Waals surface area contributed by atoms with Gasteiger partial charge in [-0.15, -0.1) is 0 Å². The molecule has 2 atom stereocenters. The summed E-state index contributed by atoms with van der Waals surface area (Å²) in [6.07, 6.45) is 2.29. The normalized spacial score (nSPS) is 25.9. The summed E-state index contributed by atoms with van der Waals surface area (Å²) >= 11 is 0. The fraction of sp³-hybridized carbons (Fsp3) is 0.583. The summed E-state index contributed by atoms with van der Waals surface area (Å²) in [7, 11) is 0. The Hall–Kier alpha value is -1.12. The van der Waals surface area contributed by atoms with Crippen LogP contribution in [0.3, 0.4) is 0 Å². The van der Waals surface area contributed by atoms with Gasteiger partial charge in [0.05, 0.1) is 0 Å². The summed E-state index contributed by atoms with van der Waals surface area (Å²) in [5, 5.41) is 0. The van der Waals surface area contributed by atoms with Crippen LogP contribution >= 0.6 is 0 Å². The molecule has 0 radical (unpaired) electrons. The van der Waals surface area contributed by atoms with Crippen LogP contribution in [0.15, 0.2) is 18.2 Å². The minimum absolute atomic E-state index is 0.387. The Balaban J connectivity index is 2.22. The van der Waals surface area contributed by atoms with E-state index < -0.39 is 0 Å². The maximum absolute atomic E-state index is 13.0. The lowest BCUT2D eigenvalue weighted by Gasteiger charge is -2.24. The van der Waals surface area contributed by atoms with Crippen molar-refractivity contribution in [2.24, 2.45) is 5.92 Å². The van der Waals surface area contributed by atoms with Crippen LogP contribution in [0.2, 0.25) is 0 Å². The van der Waals surface area contributed by atoms with Crippen LogP contribution in [-0.4, -0.2) is 17.6 Å². The minimum atomic E-state index is -0.387. The van der Waals surface area contributed by atoms with Crippen LogP contribution in [0.25, 0.3) is 0 Å². The molecule has 0 saturated carbocycles. The second kappa shape index (κ2) is 4.17.